The molecule has 1 atom stereocenters. The molecule has 1 unspecified atom stereocenters. The van der Waals surface area contributed by atoms with E-state index in [0.717, 1.165) is 32.8 Å². The minimum atomic E-state index is 0.291. The third-order valence-electron chi connectivity index (χ3n) is 3.67. The normalized spacial score (nSPS) is 32.8. The van der Waals surface area contributed by atoms with Crippen LogP contribution in [-0.2, 0) is 4.74 Å². The summed E-state index contributed by atoms with van der Waals surface area (Å²) >= 11 is 0. The third kappa shape index (κ3) is 2.92. The summed E-state index contributed by atoms with van der Waals surface area (Å²) in [6.07, 6.45) is 4.33. The molecule has 2 heterocycles. The van der Waals surface area contributed by atoms with Crippen LogP contribution >= 0.6 is 0 Å². The van der Waals surface area contributed by atoms with Gasteiger partial charge in [-0.05, 0) is 33.1 Å². The molecule has 0 bridgehead atoms. The van der Waals surface area contributed by atoms with Crippen LogP contribution in [0.1, 0.15) is 33.1 Å². The van der Waals surface area contributed by atoms with Crippen molar-refractivity contribution >= 4 is 0 Å². The van der Waals surface area contributed by atoms with Crippen molar-refractivity contribution in [3.8, 4) is 0 Å². The Kier molecular flexibility index (Phi) is 3.65. The maximum absolute atomic E-state index is 5.81. The molecule has 0 aromatic carbocycles. The molecule has 0 spiro atoms. The maximum Gasteiger partial charge on any atom is 0.0702 e. The van der Waals surface area contributed by atoms with Crippen LogP contribution in [0, 0.1) is 0 Å². The van der Waals surface area contributed by atoms with Gasteiger partial charge in [0.1, 0.15) is 0 Å². The number of piperazine rings is 1. The van der Waals surface area contributed by atoms with Gasteiger partial charge in [-0.3, -0.25) is 4.90 Å². The van der Waals surface area contributed by atoms with Crippen molar-refractivity contribution in [1.29, 1.82) is 0 Å². The number of ether oxygens (including phenoxy) is 1. The Bertz CT molecular complexity index is 200. The highest BCUT2D eigenvalue weighted by Gasteiger charge is 2.31. The van der Waals surface area contributed by atoms with Crippen molar-refractivity contribution in [2.24, 2.45) is 0 Å². The molecule has 2 saturated heterocycles. The van der Waals surface area contributed by atoms with Gasteiger partial charge in [-0.2, -0.15) is 0 Å². The van der Waals surface area contributed by atoms with Gasteiger partial charge in [0.05, 0.1) is 6.10 Å². The largest absolute Gasteiger partial charge is 0.377 e. The van der Waals surface area contributed by atoms with Gasteiger partial charge in [0.2, 0.25) is 0 Å². The van der Waals surface area contributed by atoms with Crippen LogP contribution in [0.3, 0.4) is 0 Å². The number of hydrogen-bond donors (Lipinski definition) is 1. The smallest absolute Gasteiger partial charge is 0.0702 e. The summed E-state index contributed by atoms with van der Waals surface area (Å²) in [6, 6.07) is 0. The van der Waals surface area contributed by atoms with Gasteiger partial charge < -0.3 is 10.1 Å². The quantitative estimate of drug-likeness (QED) is 0.745. The first-order chi connectivity index (χ1) is 7.18. The molecule has 88 valence electrons. The molecule has 2 aliphatic rings. The molecule has 15 heavy (non-hydrogen) atoms. The molecular weight excluding hydrogens is 188 g/mol. The van der Waals surface area contributed by atoms with E-state index in [9.17, 15) is 0 Å². The predicted octanol–water partition coefficient (Wildman–Crippen LogP) is 1.24. The molecule has 2 fully saturated rings. The second-order valence-corrected chi connectivity index (χ2v) is 5.42. The summed E-state index contributed by atoms with van der Waals surface area (Å²) in [5.74, 6) is 0. The zero-order valence-corrected chi connectivity index (χ0v) is 10.1. The minimum Gasteiger partial charge on any atom is -0.377 e. The van der Waals surface area contributed by atoms with Crippen LogP contribution in [0.25, 0.3) is 0 Å². The molecule has 2 rings (SSSR count). The van der Waals surface area contributed by atoms with Crippen LogP contribution in [-0.4, -0.2) is 49.3 Å². The Labute approximate surface area is 93.2 Å². The number of nitrogens with one attached hydrogen (secondary N) is 1. The molecule has 0 saturated carbocycles. The van der Waals surface area contributed by atoms with Gasteiger partial charge in [-0.1, -0.05) is 0 Å². The summed E-state index contributed by atoms with van der Waals surface area (Å²) in [5.41, 5.74) is 0.291. The average Bonchev–Trinajstić information content (AvgIpc) is 2.23. The van der Waals surface area contributed by atoms with Crippen LogP contribution in [0.5, 0.6) is 0 Å². The van der Waals surface area contributed by atoms with Crippen molar-refractivity contribution in [1.82, 2.24) is 10.2 Å². The highest BCUT2D eigenvalue weighted by atomic mass is 16.5. The topological polar surface area (TPSA) is 24.5 Å². The Morgan fingerprint density at radius 1 is 1.40 bits per heavy atom. The van der Waals surface area contributed by atoms with E-state index in [4.69, 9.17) is 4.74 Å². The first-order valence-corrected chi connectivity index (χ1v) is 6.26. The van der Waals surface area contributed by atoms with E-state index in [2.05, 4.69) is 24.1 Å². The van der Waals surface area contributed by atoms with Gasteiger partial charge in [0.25, 0.3) is 0 Å². The molecule has 0 radical (unpaired) electrons. The monoisotopic (exact) mass is 212 g/mol. The maximum atomic E-state index is 5.81. The minimum absolute atomic E-state index is 0.291. The lowest BCUT2D eigenvalue weighted by molar-refractivity contribution is -0.0315. The van der Waals surface area contributed by atoms with E-state index in [0.29, 0.717) is 11.6 Å². The van der Waals surface area contributed by atoms with E-state index in [1.165, 1.54) is 19.3 Å². The van der Waals surface area contributed by atoms with Crippen LogP contribution in [0.15, 0.2) is 0 Å². The number of nitrogens with zero attached hydrogens (tertiary/aromatic N) is 1. The fourth-order valence-electron chi connectivity index (χ4n) is 2.56. The van der Waals surface area contributed by atoms with Gasteiger partial charge in [0, 0.05) is 38.3 Å². The van der Waals surface area contributed by atoms with Crippen molar-refractivity contribution in [2.45, 2.75) is 44.8 Å². The van der Waals surface area contributed by atoms with Crippen molar-refractivity contribution in [3.63, 3.8) is 0 Å². The molecule has 3 nitrogen and oxygen atoms in total. The van der Waals surface area contributed by atoms with E-state index < -0.39 is 0 Å². The van der Waals surface area contributed by atoms with Crippen LogP contribution < -0.4 is 5.32 Å². The lowest BCUT2D eigenvalue weighted by Crippen LogP contribution is -2.59. The lowest BCUT2D eigenvalue weighted by Gasteiger charge is -2.44. The SMILES string of the molecule is CC1(C)CNCCN1CC1CCCCO1. The Balaban J connectivity index is 1.85. The molecule has 3 heteroatoms. The number of hydrogen-bond acceptors (Lipinski definition) is 3. The van der Waals surface area contributed by atoms with Crippen LogP contribution in [0.4, 0.5) is 0 Å². The van der Waals surface area contributed by atoms with Gasteiger partial charge >= 0.3 is 0 Å². The molecule has 0 aromatic heterocycles. The van der Waals surface area contributed by atoms with E-state index in [1.807, 2.05) is 0 Å². The van der Waals surface area contributed by atoms with E-state index in [1.54, 1.807) is 0 Å². The van der Waals surface area contributed by atoms with Crippen molar-refractivity contribution < 1.29 is 4.74 Å². The predicted molar refractivity (Wildman–Crippen MR) is 62.1 cm³/mol. The summed E-state index contributed by atoms with van der Waals surface area (Å²) in [7, 11) is 0. The Morgan fingerprint density at radius 2 is 2.27 bits per heavy atom. The highest BCUT2D eigenvalue weighted by Crippen LogP contribution is 2.20. The zero-order chi connectivity index (χ0) is 10.7. The first kappa shape index (κ1) is 11.4. The van der Waals surface area contributed by atoms with Crippen molar-refractivity contribution in [3.05, 3.63) is 0 Å². The molecule has 1 N–H and O–H groups in total. The molecular formula is C12H24N2O. The van der Waals surface area contributed by atoms with Crippen LogP contribution in [0.2, 0.25) is 0 Å². The summed E-state index contributed by atoms with van der Waals surface area (Å²) in [6.45, 7) is 10.1. The Morgan fingerprint density at radius 3 is 2.93 bits per heavy atom. The number of rotatable bonds is 2. The highest BCUT2D eigenvalue weighted by molar-refractivity contribution is 4.89. The molecule has 0 aromatic rings. The summed E-state index contributed by atoms with van der Waals surface area (Å²) < 4.78 is 5.81. The summed E-state index contributed by atoms with van der Waals surface area (Å²) in [4.78, 5) is 2.58. The lowest BCUT2D eigenvalue weighted by atomic mass is 9.98. The molecule has 2 aliphatic heterocycles. The van der Waals surface area contributed by atoms with E-state index >= 15 is 0 Å². The second-order valence-electron chi connectivity index (χ2n) is 5.42. The second kappa shape index (κ2) is 4.81. The van der Waals surface area contributed by atoms with Gasteiger partial charge in [0.15, 0.2) is 0 Å². The van der Waals surface area contributed by atoms with Gasteiger partial charge in [-0.25, -0.2) is 0 Å². The molecule has 0 amide bonds. The molecule has 0 aliphatic carbocycles. The fourth-order valence-corrected chi connectivity index (χ4v) is 2.56. The first-order valence-electron chi connectivity index (χ1n) is 6.26. The summed E-state index contributed by atoms with van der Waals surface area (Å²) in [5, 5.41) is 3.46. The Hall–Kier alpha value is -0.120. The van der Waals surface area contributed by atoms with Gasteiger partial charge in [-0.15, -0.1) is 0 Å². The average molecular weight is 212 g/mol. The fraction of sp³-hybridized carbons (Fsp3) is 1.00. The van der Waals surface area contributed by atoms with E-state index in [-0.39, 0.29) is 0 Å². The zero-order valence-electron chi connectivity index (χ0n) is 10.1. The third-order valence-corrected chi connectivity index (χ3v) is 3.67. The van der Waals surface area contributed by atoms with Crippen molar-refractivity contribution in [2.75, 3.05) is 32.8 Å². The standard InChI is InChI=1S/C12H24N2O/c1-12(2)10-13-6-7-14(12)9-11-5-3-4-8-15-11/h11,13H,3-10H2,1-2H3.